The molecule has 1 aromatic heterocycles. The lowest BCUT2D eigenvalue weighted by Gasteiger charge is -2.33. The SMILES string of the molecule is Cc1ccccc1CNC(=O)[C@@H]1CCCN(c2nccnc2Sc2ccccc2)C1. The fourth-order valence-electron chi connectivity index (χ4n) is 3.73. The first-order valence-corrected chi connectivity index (χ1v) is 11.1. The fraction of sp³-hybridized carbons (Fsp3) is 0.292. The highest BCUT2D eigenvalue weighted by Gasteiger charge is 2.28. The Labute approximate surface area is 181 Å². The third kappa shape index (κ3) is 5.00. The van der Waals surface area contributed by atoms with Crippen LogP contribution in [0, 0.1) is 12.8 Å². The quantitative estimate of drug-likeness (QED) is 0.640. The maximum Gasteiger partial charge on any atom is 0.225 e. The first kappa shape index (κ1) is 20.4. The summed E-state index contributed by atoms with van der Waals surface area (Å²) in [4.78, 5) is 25.4. The Balaban J connectivity index is 1.43. The molecule has 6 heteroatoms. The van der Waals surface area contributed by atoms with Gasteiger partial charge in [-0.2, -0.15) is 0 Å². The second-order valence-electron chi connectivity index (χ2n) is 7.53. The molecule has 154 valence electrons. The van der Waals surface area contributed by atoms with Crippen LogP contribution in [0.2, 0.25) is 0 Å². The van der Waals surface area contributed by atoms with Gasteiger partial charge in [-0.25, -0.2) is 9.97 Å². The highest BCUT2D eigenvalue weighted by atomic mass is 32.2. The van der Waals surface area contributed by atoms with E-state index >= 15 is 0 Å². The molecule has 0 aliphatic carbocycles. The van der Waals surface area contributed by atoms with E-state index < -0.39 is 0 Å². The van der Waals surface area contributed by atoms with Gasteiger partial charge in [0, 0.05) is 36.9 Å². The number of benzene rings is 2. The number of carbonyl (C=O) groups is 1. The smallest absolute Gasteiger partial charge is 0.225 e. The minimum absolute atomic E-state index is 0.0423. The molecule has 2 aromatic carbocycles. The number of carbonyl (C=O) groups excluding carboxylic acids is 1. The van der Waals surface area contributed by atoms with Crippen molar-refractivity contribution >= 4 is 23.5 Å². The van der Waals surface area contributed by atoms with E-state index in [4.69, 9.17) is 0 Å². The summed E-state index contributed by atoms with van der Waals surface area (Å²) in [6, 6.07) is 18.4. The van der Waals surface area contributed by atoms with Crippen LogP contribution in [0.15, 0.2) is 76.9 Å². The van der Waals surface area contributed by atoms with Crippen LogP contribution < -0.4 is 10.2 Å². The number of hydrogen-bond acceptors (Lipinski definition) is 5. The highest BCUT2D eigenvalue weighted by Crippen LogP contribution is 2.33. The van der Waals surface area contributed by atoms with Crippen molar-refractivity contribution in [1.29, 1.82) is 0 Å². The van der Waals surface area contributed by atoms with Crippen LogP contribution in [-0.4, -0.2) is 29.0 Å². The normalized spacial score (nSPS) is 16.3. The number of anilines is 1. The van der Waals surface area contributed by atoms with Crippen LogP contribution in [0.3, 0.4) is 0 Å². The number of nitrogens with one attached hydrogen (secondary N) is 1. The molecule has 0 saturated carbocycles. The molecule has 1 saturated heterocycles. The Hall–Kier alpha value is -2.86. The summed E-state index contributed by atoms with van der Waals surface area (Å²) in [5, 5.41) is 4.01. The molecule has 1 aliphatic heterocycles. The molecular weight excluding hydrogens is 392 g/mol. The van der Waals surface area contributed by atoms with Gasteiger partial charge in [-0.05, 0) is 43.0 Å². The number of aromatic nitrogens is 2. The Morgan fingerprint density at radius 2 is 1.87 bits per heavy atom. The summed E-state index contributed by atoms with van der Waals surface area (Å²) in [6.45, 7) is 4.20. The molecular formula is C24H26N4OS. The molecule has 1 N–H and O–H groups in total. The van der Waals surface area contributed by atoms with E-state index in [0.29, 0.717) is 13.1 Å². The zero-order valence-corrected chi connectivity index (χ0v) is 17.9. The van der Waals surface area contributed by atoms with Gasteiger partial charge in [0.05, 0.1) is 5.92 Å². The van der Waals surface area contributed by atoms with Crippen molar-refractivity contribution in [1.82, 2.24) is 15.3 Å². The molecule has 1 fully saturated rings. The van der Waals surface area contributed by atoms with Crippen molar-refractivity contribution in [3.05, 3.63) is 78.1 Å². The van der Waals surface area contributed by atoms with Crippen LogP contribution in [-0.2, 0) is 11.3 Å². The maximum absolute atomic E-state index is 12.9. The molecule has 5 nitrogen and oxygen atoms in total. The van der Waals surface area contributed by atoms with Crippen LogP contribution in [0.25, 0.3) is 0 Å². The van der Waals surface area contributed by atoms with E-state index in [0.717, 1.165) is 40.7 Å². The monoisotopic (exact) mass is 418 g/mol. The predicted octanol–water partition coefficient (Wildman–Crippen LogP) is 4.47. The molecule has 2 heterocycles. The van der Waals surface area contributed by atoms with Crippen LogP contribution in [0.5, 0.6) is 0 Å². The van der Waals surface area contributed by atoms with E-state index in [1.165, 1.54) is 5.56 Å². The summed E-state index contributed by atoms with van der Waals surface area (Å²) >= 11 is 1.61. The van der Waals surface area contributed by atoms with Crippen LogP contribution in [0.4, 0.5) is 5.82 Å². The zero-order valence-electron chi connectivity index (χ0n) is 17.1. The number of nitrogens with zero attached hydrogens (tertiary/aromatic N) is 3. The van der Waals surface area contributed by atoms with Gasteiger partial charge < -0.3 is 10.2 Å². The lowest BCUT2D eigenvalue weighted by molar-refractivity contribution is -0.125. The van der Waals surface area contributed by atoms with E-state index in [-0.39, 0.29) is 11.8 Å². The van der Waals surface area contributed by atoms with E-state index in [1.54, 1.807) is 24.2 Å². The van der Waals surface area contributed by atoms with Gasteiger partial charge in [0.2, 0.25) is 5.91 Å². The van der Waals surface area contributed by atoms with Gasteiger partial charge in [0.1, 0.15) is 5.03 Å². The number of hydrogen-bond donors (Lipinski definition) is 1. The Bertz CT molecular complexity index is 995. The van der Waals surface area contributed by atoms with Crippen molar-refractivity contribution in [3.63, 3.8) is 0 Å². The predicted molar refractivity (Wildman–Crippen MR) is 121 cm³/mol. The number of amides is 1. The third-order valence-electron chi connectivity index (χ3n) is 5.41. The molecule has 1 aliphatic rings. The topological polar surface area (TPSA) is 58.1 Å². The van der Waals surface area contributed by atoms with Crippen molar-refractivity contribution in [2.45, 2.75) is 36.2 Å². The second kappa shape index (κ2) is 9.76. The Kier molecular flexibility index (Phi) is 6.64. The van der Waals surface area contributed by atoms with Crippen LogP contribution in [0.1, 0.15) is 24.0 Å². The summed E-state index contributed by atoms with van der Waals surface area (Å²) in [7, 11) is 0. The minimum Gasteiger partial charge on any atom is -0.354 e. The molecule has 4 rings (SSSR count). The molecule has 0 unspecified atom stereocenters. The standard InChI is InChI=1S/C24H26N4OS/c1-18-8-5-6-9-19(18)16-27-23(29)20-10-7-15-28(17-20)22-24(26-14-13-25-22)30-21-11-3-2-4-12-21/h2-6,8-9,11-14,20H,7,10,15-17H2,1H3,(H,27,29)/t20-/m1/s1. The summed E-state index contributed by atoms with van der Waals surface area (Å²) in [6.07, 6.45) is 5.32. The number of rotatable bonds is 6. The molecule has 30 heavy (non-hydrogen) atoms. The Morgan fingerprint density at radius 3 is 2.70 bits per heavy atom. The van der Waals surface area contributed by atoms with Gasteiger partial charge in [-0.3, -0.25) is 4.79 Å². The molecule has 1 amide bonds. The van der Waals surface area contributed by atoms with Gasteiger partial charge in [-0.1, -0.05) is 54.2 Å². The molecule has 0 spiro atoms. The first-order valence-electron chi connectivity index (χ1n) is 10.3. The highest BCUT2D eigenvalue weighted by molar-refractivity contribution is 7.99. The average molecular weight is 419 g/mol. The van der Waals surface area contributed by atoms with E-state index in [1.807, 2.05) is 30.3 Å². The van der Waals surface area contributed by atoms with E-state index in [2.05, 4.69) is 51.4 Å². The van der Waals surface area contributed by atoms with Gasteiger partial charge in [0.25, 0.3) is 0 Å². The zero-order chi connectivity index (χ0) is 20.8. The van der Waals surface area contributed by atoms with Gasteiger partial charge in [-0.15, -0.1) is 0 Å². The third-order valence-corrected chi connectivity index (χ3v) is 6.40. The van der Waals surface area contributed by atoms with Gasteiger partial charge >= 0.3 is 0 Å². The second-order valence-corrected chi connectivity index (χ2v) is 8.59. The molecule has 3 aromatic rings. The molecule has 0 bridgehead atoms. The van der Waals surface area contributed by atoms with Crippen molar-refractivity contribution in [3.8, 4) is 0 Å². The first-order chi connectivity index (χ1) is 14.7. The van der Waals surface area contributed by atoms with Gasteiger partial charge in [0.15, 0.2) is 5.82 Å². The largest absolute Gasteiger partial charge is 0.354 e. The number of piperidine rings is 1. The number of aryl methyl sites for hydroxylation is 1. The average Bonchev–Trinajstić information content (AvgIpc) is 2.79. The maximum atomic E-state index is 12.9. The molecule has 1 atom stereocenters. The summed E-state index contributed by atoms with van der Waals surface area (Å²) in [5.41, 5.74) is 2.36. The lowest BCUT2D eigenvalue weighted by Crippen LogP contribution is -2.43. The fourth-order valence-corrected chi connectivity index (χ4v) is 4.63. The Morgan fingerprint density at radius 1 is 1.10 bits per heavy atom. The van der Waals surface area contributed by atoms with Crippen molar-refractivity contribution in [2.24, 2.45) is 5.92 Å². The minimum atomic E-state index is -0.0423. The molecule has 0 radical (unpaired) electrons. The lowest BCUT2D eigenvalue weighted by atomic mass is 9.97. The summed E-state index contributed by atoms with van der Waals surface area (Å²) < 4.78 is 0. The van der Waals surface area contributed by atoms with E-state index in [9.17, 15) is 4.79 Å². The van der Waals surface area contributed by atoms with Crippen molar-refractivity contribution in [2.75, 3.05) is 18.0 Å². The van der Waals surface area contributed by atoms with Crippen molar-refractivity contribution < 1.29 is 4.79 Å². The van der Waals surface area contributed by atoms with Crippen LogP contribution >= 0.6 is 11.8 Å². The summed E-state index contributed by atoms with van der Waals surface area (Å²) in [5.74, 6) is 0.936.